The summed E-state index contributed by atoms with van der Waals surface area (Å²) in [4.78, 5) is 4.10. The fraction of sp³-hybridized carbons (Fsp3) is 0.188. The molecule has 0 aliphatic heterocycles. The van der Waals surface area contributed by atoms with Gasteiger partial charge in [0.1, 0.15) is 18.1 Å². The summed E-state index contributed by atoms with van der Waals surface area (Å²) >= 11 is 5.89. The Bertz CT molecular complexity index is 897. The SMILES string of the molecule is OCc1cn(-c2ccc(OCc3c(Cl)cccc3C(F)(F)F)cn2)nn1. The molecule has 0 unspecified atom stereocenters. The van der Waals surface area contributed by atoms with E-state index in [1.807, 2.05) is 0 Å². The number of benzene rings is 1. The summed E-state index contributed by atoms with van der Waals surface area (Å²) < 4.78 is 45.9. The summed E-state index contributed by atoms with van der Waals surface area (Å²) in [6, 6.07) is 6.66. The highest BCUT2D eigenvalue weighted by atomic mass is 35.5. The maximum Gasteiger partial charge on any atom is 0.416 e. The van der Waals surface area contributed by atoms with Gasteiger partial charge in [-0.1, -0.05) is 22.9 Å². The molecule has 10 heteroatoms. The van der Waals surface area contributed by atoms with E-state index in [9.17, 15) is 13.2 Å². The average molecular weight is 385 g/mol. The number of hydrogen-bond acceptors (Lipinski definition) is 5. The van der Waals surface area contributed by atoms with Gasteiger partial charge < -0.3 is 9.84 Å². The van der Waals surface area contributed by atoms with Gasteiger partial charge in [0.25, 0.3) is 0 Å². The van der Waals surface area contributed by atoms with Gasteiger partial charge in [-0.15, -0.1) is 5.10 Å². The smallest absolute Gasteiger partial charge is 0.416 e. The minimum Gasteiger partial charge on any atom is -0.487 e. The molecule has 3 aromatic rings. The van der Waals surface area contributed by atoms with Crippen LogP contribution in [0.4, 0.5) is 13.2 Å². The molecule has 0 fully saturated rings. The fourth-order valence-electron chi connectivity index (χ4n) is 2.20. The van der Waals surface area contributed by atoms with Crippen molar-refractivity contribution in [2.75, 3.05) is 0 Å². The number of ether oxygens (including phenoxy) is 1. The Labute approximate surface area is 150 Å². The Morgan fingerprint density at radius 3 is 2.62 bits per heavy atom. The molecule has 0 radical (unpaired) electrons. The van der Waals surface area contributed by atoms with E-state index in [0.717, 1.165) is 6.07 Å². The van der Waals surface area contributed by atoms with E-state index in [1.54, 1.807) is 6.07 Å². The summed E-state index contributed by atoms with van der Waals surface area (Å²) in [6.07, 6.45) is -1.68. The zero-order valence-electron chi connectivity index (χ0n) is 13.1. The van der Waals surface area contributed by atoms with Crippen LogP contribution in [0.5, 0.6) is 5.75 Å². The minimum absolute atomic E-state index is 0.0245. The number of pyridine rings is 1. The van der Waals surface area contributed by atoms with Crippen molar-refractivity contribution < 1.29 is 23.0 Å². The van der Waals surface area contributed by atoms with E-state index in [4.69, 9.17) is 21.4 Å². The first-order valence-electron chi connectivity index (χ1n) is 7.34. The lowest BCUT2D eigenvalue weighted by Gasteiger charge is -2.15. The number of nitrogens with zero attached hydrogens (tertiary/aromatic N) is 4. The fourth-order valence-corrected chi connectivity index (χ4v) is 2.43. The lowest BCUT2D eigenvalue weighted by molar-refractivity contribution is -0.138. The van der Waals surface area contributed by atoms with Crippen LogP contribution in [0.15, 0.2) is 42.7 Å². The standard InChI is InChI=1S/C16H12ClF3N4O2/c17-14-3-1-2-13(16(18,19)20)12(14)9-26-11-4-5-15(21-6-11)24-7-10(8-25)22-23-24/h1-7,25H,8-9H2. The maximum absolute atomic E-state index is 13.1. The van der Waals surface area contributed by atoms with Crippen LogP contribution in [-0.4, -0.2) is 25.1 Å². The molecule has 26 heavy (non-hydrogen) atoms. The lowest BCUT2D eigenvalue weighted by atomic mass is 10.1. The molecule has 0 bridgehead atoms. The molecule has 2 aromatic heterocycles. The van der Waals surface area contributed by atoms with Gasteiger partial charge in [0.15, 0.2) is 5.82 Å². The lowest BCUT2D eigenvalue weighted by Crippen LogP contribution is -2.11. The van der Waals surface area contributed by atoms with Crippen molar-refractivity contribution in [1.29, 1.82) is 0 Å². The van der Waals surface area contributed by atoms with Crippen molar-refractivity contribution in [2.45, 2.75) is 19.4 Å². The van der Waals surface area contributed by atoms with E-state index in [0.29, 0.717) is 11.5 Å². The quantitative estimate of drug-likeness (QED) is 0.729. The third kappa shape index (κ3) is 3.94. The maximum atomic E-state index is 13.1. The molecule has 0 amide bonds. The Morgan fingerprint density at radius 1 is 1.19 bits per heavy atom. The van der Waals surface area contributed by atoms with Crippen molar-refractivity contribution in [3.8, 4) is 11.6 Å². The van der Waals surface area contributed by atoms with Gasteiger partial charge in [0.2, 0.25) is 0 Å². The predicted octanol–water partition coefficient (Wildman–Crippen LogP) is 3.41. The zero-order valence-corrected chi connectivity index (χ0v) is 13.9. The van der Waals surface area contributed by atoms with Crippen LogP contribution in [0, 0.1) is 0 Å². The Hall–Kier alpha value is -2.65. The van der Waals surface area contributed by atoms with Gasteiger partial charge in [-0.05, 0) is 24.3 Å². The summed E-state index contributed by atoms with van der Waals surface area (Å²) in [5.74, 6) is 0.683. The van der Waals surface area contributed by atoms with Gasteiger partial charge in [0.05, 0.1) is 24.6 Å². The van der Waals surface area contributed by atoms with Crippen LogP contribution in [0.2, 0.25) is 5.02 Å². The van der Waals surface area contributed by atoms with Crippen LogP contribution in [-0.2, 0) is 19.4 Å². The van der Waals surface area contributed by atoms with Gasteiger partial charge >= 0.3 is 6.18 Å². The number of alkyl halides is 3. The molecule has 0 aliphatic carbocycles. The van der Waals surface area contributed by atoms with Crippen molar-refractivity contribution in [2.24, 2.45) is 0 Å². The molecular formula is C16H12ClF3N4O2. The van der Waals surface area contributed by atoms with E-state index in [1.165, 1.54) is 35.3 Å². The first kappa shape index (κ1) is 18.2. The van der Waals surface area contributed by atoms with Crippen molar-refractivity contribution in [3.63, 3.8) is 0 Å². The second-order valence-electron chi connectivity index (χ2n) is 5.22. The molecule has 6 nitrogen and oxygen atoms in total. The predicted molar refractivity (Wildman–Crippen MR) is 85.9 cm³/mol. The molecule has 0 saturated heterocycles. The number of rotatable bonds is 5. The number of aliphatic hydroxyl groups is 1. The molecule has 136 valence electrons. The van der Waals surface area contributed by atoms with Gasteiger partial charge in [-0.25, -0.2) is 9.67 Å². The van der Waals surface area contributed by atoms with Crippen molar-refractivity contribution >= 4 is 11.6 Å². The topological polar surface area (TPSA) is 73.1 Å². The minimum atomic E-state index is -4.52. The summed E-state index contributed by atoms with van der Waals surface area (Å²) in [5.41, 5.74) is -0.603. The van der Waals surface area contributed by atoms with E-state index in [-0.39, 0.29) is 29.5 Å². The van der Waals surface area contributed by atoms with Crippen molar-refractivity contribution in [1.82, 2.24) is 20.0 Å². The molecule has 0 spiro atoms. The first-order chi connectivity index (χ1) is 12.4. The van der Waals surface area contributed by atoms with Gasteiger partial charge in [-0.3, -0.25) is 0 Å². The van der Waals surface area contributed by atoms with Gasteiger partial charge in [0, 0.05) is 10.6 Å². The zero-order chi connectivity index (χ0) is 18.7. The third-order valence-electron chi connectivity index (χ3n) is 3.47. The molecular weight excluding hydrogens is 373 g/mol. The highest BCUT2D eigenvalue weighted by Gasteiger charge is 2.34. The molecule has 0 atom stereocenters. The average Bonchev–Trinajstić information content (AvgIpc) is 3.09. The Balaban J connectivity index is 1.75. The molecule has 1 N–H and O–H groups in total. The molecule has 1 aromatic carbocycles. The normalized spacial score (nSPS) is 11.6. The van der Waals surface area contributed by atoms with Gasteiger partial charge in [-0.2, -0.15) is 13.2 Å². The molecule has 3 rings (SSSR count). The summed E-state index contributed by atoms with van der Waals surface area (Å²) in [5, 5.41) is 16.5. The number of halogens is 4. The first-order valence-corrected chi connectivity index (χ1v) is 7.72. The van der Waals surface area contributed by atoms with Crippen LogP contribution >= 0.6 is 11.6 Å². The summed E-state index contributed by atoms with van der Waals surface area (Å²) in [6.45, 7) is -0.603. The van der Waals surface area contributed by atoms with Crippen molar-refractivity contribution in [3.05, 3.63) is 64.6 Å². The van der Waals surface area contributed by atoms with E-state index < -0.39 is 11.7 Å². The Morgan fingerprint density at radius 2 is 2.00 bits per heavy atom. The van der Waals surface area contributed by atoms with Crippen LogP contribution < -0.4 is 4.74 Å². The van der Waals surface area contributed by atoms with Crippen LogP contribution in [0.25, 0.3) is 5.82 Å². The number of hydrogen-bond donors (Lipinski definition) is 1. The summed E-state index contributed by atoms with van der Waals surface area (Å²) in [7, 11) is 0. The second-order valence-corrected chi connectivity index (χ2v) is 5.62. The van der Waals surface area contributed by atoms with Crippen LogP contribution in [0.1, 0.15) is 16.8 Å². The number of aromatic nitrogens is 4. The molecule has 0 saturated carbocycles. The highest BCUT2D eigenvalue weighted by Crippen LogP contribution is 2.35. The molecule has 2 heterocycles. The highest BCUT2D eigenvalue weighted by molar-refractivity contribution is 6.31. The third-order valence-corrected chi connectivity index (χ3v) is 3.82. The Kier molecular flexibility index (Phi) is 5.10. The van der Waals surface area contributed by atoms with E-state index >= 15 is 0 Å². The monoisotopic (exact) mass is 384 g/mol. The largest absolute Gasteiger partial charge is 0.487 e. The van der Waals surface area contributed by atoms with E-state index in [2.05, 4.69) is 15.3 Å². The number of aliphatic hydroxyl groups excluding tert-OH is 1. The molecule has 0 aliphatic rings. The van der Waals surface area contributed by atoms with Crippen LogP contribution in [0.3, 0.4) is 0 Å². The second kappa shape index (κ2) is 7.30.